The predicted molar refractivity (Wildman–Crippen MR) is 52.1 cm³/mol. The molecule has 0 bridgehead atoms. The molecule has 0 aliphatic heterocycles. The molecule has 1 rings (SSSR count). The van der Waals surface area contributed by atoms with E-state index in [0.29, 0.717) is 4.20 Å². The highest BCUT2D eigenvalue weighted by molar-refractivity contribution is 8.01. The van der Waals surface area contributed by atoms with Crippen molar-refractivity contribution in [3.63, 3.8) is 0 Å². The number of methoxy groups -OCH3 is 1. The third kappa shape index (κ3) is 2.13. The summed E-state index contributed by atoms with van der Waals surface area (Å²) in [5.41, 5.74) is 0.899. The van der Waals surface area contributed by atoms with Crippen molar-refractivity contribution in [1.29, 1.82) is 0 Å². The number of ether oxygens (including phenoxy) is 1. The Morgan fingerprint density at radius 3 is 2.27 bits per heavy atom. The van der Waals surface area contributed by atoms with Gasteiger partial charge >= 0.3 is 0 Å². The highest BCUT2D eigenvalue weighted by Gasteiger charge is 1.89. The Kier molecular flexibility index (Phi) is 2.79. The Morgan fingerprint density at radius 2 is 1.91 bits per heavy atom. The molecule has 0 saturated carbocycles. The van der Waals surface area contributed by atoms with Crippen LogP contribution in [0.5, 0.6) is 5.75 Å². The Bertz CT molecular complexity index is 253. The van der Waals surface area contributed by atoms with Crippen molar-refractivity contribution in [1.82, 2.24) is 0 Å². The minimum Gasteiger partial charge on any atom is -0.497 e. The van der Waals surface area contributed by atoms with Crippen LogP contribution < -0.4 is 4.74 Å². The first kappa shape index (κ1) is 8.43. The maximum absolute atomic E-state index is 4.97. The molecule has 1 aromatic rings. The maximum Gasteiger partial charge on any atom is 0.118 e. The van der Waals surface area contributed by atoms with Crippen molar-refractivity contribution in [3.05, 3.63) is 29.8 Å². The van der Waals surface area contributed by atoms with Crippen molar-refractivity contribution >= 4 is 29.0 Å². The van der Waals surface area contributed by atoms with Crippen LogP contribution >= 0.6 is 12.2 Å². The Balaban J connectivity index is 2.91. The molecule has 1 nitrogen and oxygen atoms in total. The summed E-state index contributed by atoms with van der Waals surface area (Å²) in [6.07, 6.45) is 0. The summed E-state index contributed by atoms with van der Waals surface area (Å²) in [6.45, 7) is 0. The summed E-state index contributed by atoms with van der Waals surface area (Å²) in [5, 5.41) is 0. The van der Waals surface area contributed by atoms with Gasteiger partial charge in [-0.1, -0.05) is 12.1 Å². The highest BCUT2D eigenvalue weighted by atomic mass is 32.1. The van der Waals surface area contributed by atoms with Crippen LogP contribution in [0, 0.1) is 0 Å². The van der Waals surface area contributed by atoms with E-state index in [1.807, 2.05) is 24.3 Å². The lowest BCUT2D eigenvalue weighted by molar-refractivity contribution is 0.415. The number of hydrogen-bond donors (Lipinski definition) is 0. The van der Waals surface area contributed by atoms with Gasteiger partial charge in [0.05, 0.1) is 7.11 Å². The molecule has 58 valence electrons. The molecule has 11 heavy (non-hydrogen) atoms. The van der Waals surface area contributed by atoms with E-state index in [-0.39, 0.29) is 0 Å². The fraction of sp³-hybridized carbons (Fsp3) is 0.125. The van der Waals surface area contributed by atoms with Crippen LogP contribution in [0.2, 0.25) is 0 Å². The average molecular weight is 183 g/mol. The molecule has 0 aliphatic rings. The van der Waals surface area contributed by atoms with Crippen molar-refractivity contribution in [2.24, 2.45) is 0 Å². The molecular formula is C8H7OS2-. The van der Waals surface area contributed by atoms with Gasteiger partial charge < -0.3 is 29.6 Å². The van der Waals surface area contributed by atoms with Gasteiger partial charge in [-0.3, -0.25) is 0 Å². The van der Waals surface area contributed by atoms with E-state index in [9.17, 15) is 0 Å². The van der Waals surface area contributed by atoms with Crippen LogP contribution in [0.1, 0.15) is 5.56 Å². The van der Waals surface area contributed by atoms with Gasteiger partial charge in [-0.15, -0.1) is 4.20 Å². The number of rotatable bonds is 2. The molecule has 0 spiro atoms. The average Bonchev–Trinajstić information content (AvgIpc) is 2.05. The zero-order chi connectivity index (χ0) is 8.27. The second-order valence-electron chi connectivity index (χ2n) is 2.02. The molecule has 0 aliphatic carbocycles. The smallest absolute Gasteiger partial charge is 0.118 e. The Morgan fingerprint density at radius 1 is 1.36 bits per heavy atom. The monoisotopic (exact) mass is 183 g/mol. The molecule has 0 heterocycles. The molecule has 0 amide bonds. The summed E-state index contributed by atoms with van der Waals surface area (Å²) >= 11 is 9.63. The largest absolute Gasteiger partial charge is 0.497 e. The lowest BCUT2D eigenvalue weighted by Crippen LogP contribution is -1.90. The molecular weight excluding hydrogens is 176 g/mol. The van der Waals surface area contributed by atoms with E-state index in [1.54, 1.807) is 7.11 Å². The first-order valence-corrected chi connectivity index (χ1v) is 3.91. The van der Waals surface area contributed by atoms with Gasteiger partial charge in [0.15, 0.2) is 0 Å². The van der Waals surface area contributed by atoms with Crippen molar-refractivity contribution in [2.45, 2.75) is 0 Å². The maximum atomic E-state index is 4.97. The number of thiocarbonyl (C=S) groups is 1. The van der Waals surface area contributed by atoms with Gasteiger partial charge in [-0.25, -0.2) is 0 Å². The van der Waals surface area contributed by atoms with E-state index >= 15 is 0 Å². The van der Waals surface area contributed by atoms with Crippen LogP contribution in [-0.4, -0.2) is 11.3 Å². The number of benzene rings is 1. The van der Waals surface area contributed by atoms with Crippen molar-refractivity contribution < 1.29 is 4.74 Å². The summed E-state index contributed by atoms with van der Waals surface area (Å²) in [5.74, 6) is 0.819. The first-order valence-electron chi connectivity index (χ1n) is 3.09. The van der Waals surface area contributed by atoms with Crippen LogP contribution in [-0.2, 0) is 12.6 Å². The third-order valence-electron chi connectivity index (χ3n) is 1.33. The second kappa shape index (κ2) is 3.64. The normalized spacial score (nSPS) is 9.18. The molecule has 0 N–H and O–H groups in total. The molecule has 0 saturated heterocycles. The third-order valence-corrected chi connectivity index (χ3v) is 1.80. The van der Waals surface area contributed by atoms with Crippen LogP contribution in [0.25, 0.3) is 0 Å². The summed E-state index contributed by atoms with van der Waals surface area (Å²) in [4.78, 5) is 0. The quantitative estimate of drug-likeness (QED) is 0.512. The van der Waals surface area contributed by atoms with Crippen LogP contribution in [0.3, 0.4) is 0 Å². The zero-order valence-electron chi connectivity index (χ0n) is 6.03. The van der Waals surface area contributed by atoms with E-state index in [2.05, 4.69) is 0 Å². The topological polar surface area (TPSA) is 9.23 Å². The molecule has 0 atom stereocenters. The predicted octanol–water partition coefficient (Wildman–Crippen LogP) is 1.92. The van der Waals surface area contributed by atoms with Crippen LogP contribution in [0.4, 0.5) is 0 Å². The lowest BCUT2D eigenvalue weighted by atomic mass is 10.2. The Labute approximate surface area is 76.8 Å². The molecule has 0 unspecified atom stereocenters. The van der Waals surface area contributed by atoms with Gasteiger partial charge in [0.25, 0.3) is 0 Å². The van der Waals surface area contributed by atoms with Gasteiger partial charge in [-0.2, -0.15) is 0 Å². The molecule has 0 radical (unpaired) electrons. The standard InChI is InChI=1S/C8H8OS2/c1-9-7-4-2-6(3-5-7)8(10)11/h2-5H,1H3,(H,10,11)/p-1. The lowest BCUT2D eigenvalue weighted by Gasteiger charge is -2.05. The van der Waals surface area contributed by atoms with Crippen molar-refractivity contribution in [2.75, 3.05) is 7.11 Å². The van der Waals surface area contributed by atoms with Gasteiger partial charge in [-0.05, 0) is 17.7 Å². The first-order chi connectivity index (χ1) is 5.24. The van der Waals surface area contributed by atoms with Gasteiger partial charge in [0.2, 0.25) is 0 Å². The van der Waals surface area contributed by atoms with Crippen molar-refractivity contribution in [3.8, 4) is 5.75 Å². The van der Waals surface area contributed by atoms with Crippen LogP contribution in [0.15, 0.2) is 24.3 Å². The molecule has 1 aromatic carbocycles. The van der Waals surface area contributed by atoms with E-state index in [1.165, 1.54) is 0 Å². The molecule has 3 heteroatoms. The second-order valence-corrected chi connectivity index (χ2v) is 3.09. The van der Waals surface area contributed by atoms with E-state index in [0.717, 1.165) is 11.3 Å². The van der Waals surface area contributed by atoms with Gasteiger partial charge in [0.1, 0.15) is 5.75 Å². The van der Waals surface area contributed by atoms with Gasteiger partial charge in [0, 0.05) is 0 Å². The van der Waals surface area contributed by atoms with E-state index < -0.39 is 0 Å². The summed E-state index contributed by atoms with van der Waals surface area (Å²) in [6, 6.07) is 7.39. The Hall–Kier alpha value is -0.670. The molecule has 0 fully saturated rings. The SMILES string of the molecule is COc1ccc(C(=S)[S-])cc1. The fourth-order valence-electron chi connectivity index (χ4n) is 0.727. The minimum absolute atomic E-state index is 0.493. The molecule has 0 aromatic heterocycles. The fourth-order valence-corrected chi connectivity index (χ4v) is 0.999. The summed E-state index contributed by atoms with van der Waals surface area (Å²) in [7, 11) is 1.63. The minimum atomic E-state index is 0.493. The number of hydrogen-bond acceptors (Lipinski definition) is 3. The highest BCUT2D eigenvalue weighted by Crippen LogP contribution is 2.11. The van der Waals surface area contributed by atoms with E-state index in [4.69, 9.17) is 29.6 Å². The summed E-state index contributed by atoms with van der Waals surface area (Å²) < 4.78 is 5.46. The zero-order valence-corrected chi connectivity index (χ0v) is 7.67.